The zero-order valence-electron chi connectivity index (χ0n) is 18.5. The van der Waals surface area contributed by atoms with E-state index in [0.29, 0.717) is 13.1 Å². The Morgan fingerprint density at radius 2 is 1.85 bits per heavy atom. The molecule has 6 nitrogen and oxygen atoms in total. The van der Waals surface area contributed by atoms with Crippen LogP contribution in [0, 0.1) is 6.92 Å². The number of halogens is 3. The van der Waals surface area contributed by atoms with Gasteiger partial charge in [-0.3, -0.25) is 4.79 Å². The third-order valence-electron chi connectivity index (χ3n) is 5.61. The first kappa shape index (κ1) is 23.1. The van der Waals surface area contributed by atoms with Gasteiger partial charge in [-0.05, 0) is 50.6 Å². The fraction of sp³-hybridized carbons (Fsp3) is 0.375. The minimum Gasteiger partial charge on any atom is -0.507 e. The molecule has 9 heteroatoms. The van der Waals surface area contributed by atoms with Gasteiger partial charge >= 0.3 is 6.18 Å². The van der Waals surface area contributed by atoms with Crippen molar-refractivity contribution in [3.63, 3.8) is 0 Å². The molecule has 0 bridgehead atoms. The average molecular weight is 464 g/mol. The van der Waals surface area contributed by atoms with Gasteiger partial charge in [0.1, 0.15) is 43.3 Å². The Labute approximate surface area is 188 Å². The van der Waals surface area contributed by atoms with Gasteiger partial charge in [-0.25, -0.2) is 0 Å². The maximum Gasteiger partial charge on any atom is 0.453 e. The number of ether oxygens (including phenoxy) is 2. The van der Waals surface area contributed by atoms with Gasteiger partial charge in [0.05, 0.1) is 10.9 Å². The number of morpholine rings is 1. The molecule has 3 aromatic rings. The third kappa shape index (κ3) is 4.84. The molecule has 1 fully saturated rings. The highest BCUT2D eigenvalue weighted by molar-refractivity contribution is 5.83. The highest BCUT2D eigenvalue weighted by Crippen LogP contribution is 2.39. The molecule has 3 atom stereocenters. The largest absolute Gasteiger partial charge is 0.507 e. The van der Waals surface area contributed by atoms with Gasteiger partial charge in [0.15, 0.2) is 5.58 Å². The van der Waals surface area contributed by atoms with Crippen LogP contribution in [0.15, 0.2) is 45.6 Å². The van der Waals surface area contributed by atoms with Crippen molar-refractivity contribution in [2.24, 2.45) is 0 Å². The summed E-state index contributed by atoms with van der Waals surface area (Å²) in [5.41, 5.74) is -0.336. The normalized spacial score (nSPS) is 21.3. The predicted molar refractivity (Wildman–Crippen MR) is 115 cm³/mol. The molecular weight excluding hydrogens is 439 g/mol. The number of aromatic hydroxyl groups is 1. The number of nitrogens with one attached hydrogen (secondary N) is 1. The first-order valence-electron chi connectivity index (χ1n) is 10.7. The van der Waals surface area contributed by atoms with Gasteiger partial charge in [0.2, 0.25) is 11.2 Å². The summed E-state index contributed by atoms with van der Waals surface area (Å²) >= 11 is 0. The molecule has 1 aliphatic heterocycles. The maximum atomic E-state index is 13.9. The minimum atomic E-state index is -4.98. The molecule has 1 aliphatic rings. The van der Waals surface area contributed by atoms with Gasteiger partial charge in [0, 0.05) is 0 Å². The predicted octanol–water partition coefficient (Wildman–Crippen LogP) is 3.81. The van der Waals surface area contributed by atoms with Crippen LogP contribution in [0.4, 0.5) is 13.2 Å². The van der Waals surface area contributed by atoms with Crippen LogP contribution in [-0.2, 0) is 17.5 Å². The van der Waals surface area contributed by atoms with Crippen molar-refractivity contribution in [2.75, 3.05) is 13.1 Å². The van der Waals surface area contributed by atoms with Gasteiger partial charge in [-0.1, -0.05) is 12.1 Å². The number of hydrogen-bond donors (Lipinski definition) is 2. The van der Waals surface area contributed by atoms with Crippen LogP contribution in [0.2, 0.25) is 0 Å². The molecule has 0 saturated carbocycles. The second-order valence-corrected chi connectivity index (χ2v) is 8.54. The van der Waals surface area contributed by atoms with Crippen molar-refractivity contribution in [3.8, 4) is 17.2 Å². The maximum absolute atomic E-state index is 13.9. The molecule has 2 aromatic carbocycles. The molecule has 0 amide bonds. The summed E-state index contributed by atoms with van der Waals surface area (Å²) in [4.78, 5) is 14.2. The Kier molecular flexibility index (Phi) is 6.11. The van der Waals surface area contributed by atoms with Crippen LogP contribution >= 0.6 is 0 Å². The number of phenols is 1. The average Bonchev–Trinajstić information content (AvgIpc) is 2.70. The van der Waals surface area contributed by atoms with Gasteiger partial charge < -0.3 is 23.9 Å². The molecule has 1 unspecified atom stereocenters. The standard InChI is InChI=1S/C24H24F3NO5/c1-13-5-4-6-16(9-13)32-22-20(30)17-7-8-19(29)18(21(17)33-23(22)24(25,26)27)12-28-10-14(2)31-15(3)11-28/h4-9,14-15,29H,10-12H2,1-3H3/p+1/t14-,15+. The topological polar surface area (TPSA) is 73.3 Å². The molecular formula is C24H25F3NO5+. The summed E-state index contributed by atoms with van der Waals surface area (Å²) in [5.74, 6) is -2.61. The lowest BCUT2D eigenvalue weighted by Crippen LogP contribution is -3.14. The van der Waals surface area contributed by atoms with E-state index in [-0.39, 0.29) is 46.8 Å². The van der Waals surface area contributed by atoms with E-state index in [9.17, 15) is 23.1 Å². The molecule has 0 aliphatic carbocycles. The number of hydrogen-bond acceptors (Lipinski definition) is 5. The lowest BCUT2D eigenvalue weighted by Gasteiger charge is -2.32. The fourth-order valence-corrected chi connectivity index (χ4v) is 4.32. The first-order valence-corrected chi connectivity index (χ1v) is 10.7. The van der Waals surface area contributed by atoms with E-state index in [0.717, 1.165) is 10.5 Å². The van der Waals surface area contributed by atoms with Crippen molar-refractivity contribution in [3.05, 3.63) is 63.5 Å². The zero-order chi connectivity index (χ0) is 23.9. The smallest absolute Gasteiger partial charge is 0.453 e. The summed E-state index contributed by atoms with van der Waals surface area (Å²) in [7, 11) is 0. The third-order valence-corrected chi connectivity index (χ3v) is 5.61. The monoisotopic (exact) mass is 464 g/mol. The van der Waals surface area contributed by atoms with Crippen LogP contribution in [-0.4, -0.2) is 30.4 Å². The summed E-state index contributed by atoms with van der Waals surface area (Å²) in [6.45, 7) is 6.96. The molecule has 1 aromatic heterocycles. The summed E-state index contributed by atoms with van der Waals surface area (Å²) in [6.07, 6.45) is -5.08. The van der Waals surface area contributed by atoms with E-state index in [1.807, 2.05) is 13.8 Å². The summed E-state index contributed by atoms with van der Waals surface area (Å²) in [5, 5.41) is 10.4. The quantitative estimate of drug-likeness (QED) is 0.615. The molecule has 4 rings (SSSR count). The number of benzene rings is 2. The molecule has 1 saturated heterocycles. The Bertz CT molecular complexity index is 1230. The van der Waals surface area contributed by atoms with E-state index in [1.165, 1.54) is 24.3 Å². The van der Waals surface area contributed by atoms with E-state index in [2.05, 4.69) is 0 Å². The van der Waals surface area contributed by atoms with Crippen molar-refractivity contribution < 1.29 is 37.1 Å². The minimum absolute atomic E-state index is 0.0482. The lowest BCUT2D eigenvalue weighted by atomic mass is 10.1. The SMILES string of the molecule is Cc1cccc(Oc2c(C(F)(F)F)oc3c(C[NH+]4C[C@@H](C)O[C@@H](C)C4)c(O)ccc3c2=O)c1. The number of fused-ring (bicyclic) bond motifs is 1. The highest BCUT2D eigenvalue weighted by Gasteiger charge is 2.41. The Hall–Kier alpha value is -3.04. The molecule has 2 heterocycles. The second-order valence-electron chi connectivity index (χ2n) is 8.54. The van der Waals surface area contributed by atoms with Crippen LogP contribution in [0.1, 0.15) is 30.7 Å². The molecule has 33 heavy (non-hydrogen) atoms. The molecule has 0 radical (unpaired) electrons. The van der Waals surface area contributed by atoms with Crippen LogP contribution < -0.4 is 15.1 Å². The van der Waals surface area contributed by atoms with Crippen LogP contribution in [0.25, 0.3) is 11.0 Å². The van der Waals surface area contributed by atoms with Gasteiger partial charge in [0.25, 0.3) is 5.76 Å². The Morgan fingerprint density at radius 3 is 2.48 bits per heavy atom. The fourth-order valence-electron chi connectivity index (χ4n) is 4.32. The number of quaternary nitrogens is 1. The van der Waals surface area contributed by atoms with E-state index >= 15 is 0 Å². The first-order chi connectivity index (χ1) is 15.5. The number of aryl methyl sites for hydroxylation is 1. The van der Waals surface area contributed by atoms with Crippen molar-refractivity contribution in [1.82, 2.24) is 0 Å². The number of rotatable bonds is 4. The number of phenolic OH excluding ortho intramolecular Hbond substituents is 1. The van der Waals surface area contributed by atoms with Gasteiger partial charge in [-0.15, -0.1) is 0 Å². The van der Waals surface area contributed by atoms with E-state index in [1.54, 1.807) is 19.1 Å². The van der Waals surface area contributed by atoms with Crippen molar-refractivity contribution in [1.29, 1.82) is 0 Å². The Morgan fingerprint density at radius 1 is 1.15 bits per heavy atom. The number of alkyl halides is 3. The molecule has 0 spiro atoms. The van der Waals surface area contributed by atoms with Gasteiger partial charge in [-0.2, -0.15) is 13.2 Å². The molecule has 2 N–H and O–H groups in total. The zero-order valence-corrected chi connectivity index (χ0v) is 18.5. The Balaban J connectivity index is 1.85. The molecule has 176 valence electrons. The second kappa shape index (κ2) is 8.72. The van der Waals surface area contributed by atoms with E-state index in [4.69, 9.17) is 13.9 Å². The summed E-state index contributed by atoms with van der Waals surface area (Å²) < 4.78 is 58.2. The lowest BCUT2D eigenvalue weighted by molar-refractivity contribution is -0.928. The highest BCUT2D eigenvalue weighted by atomic mass is 19.4. The summed E-state index contributed by atoms with van der Waals surface area (Å²) in [6, 6.07) is 8.91. The van der Waals surface area contributed by atoms with Crippen LogP contribution in [0.3, 0.4) is 0 Å². The van der Waals surface area contributed by atoms with Crippen molar-refractivity contribution in [2.45, 2.75) is 45.7 Å². The van der Waals surface area contributed by atoms with Crippen LogP contribution in [0.5, 0.6) is 17.2 Å². The van der Waals surface area contributed by atoms with Crippen molar-refractivity contribution >= 4 is 11.0 Å². The van der Waals surface area contributed by atoms with E-state index < -0.39 is 23.1 Å².